The molecule has 0 spiro atoms. The van der Waals surface area contributed by atoms with E-state index < -0.39 is 16.0 Å². The van der Waals surface area contributed by atoms with Gasteiger partial charge in [0, 0.05) is 6.54 Å². The lowest BCUT2D eigenvalue weighted by Crippen LogP contribution is -2.25. The Labute approximate surface area is 135 Å². The minimum atomic E-state index is -3.73. The van der Waals surface area contributed by atoms with Crippen LogP contribution in [-0.4, -0.2) is 26.0 Å². The molecule has 1 aromatic carbocycles. The number of hydrogen-bond acceptors (Lipinski definition) is 3. The van der Waals surface area contributed by atoms with Crippen LogP contribution in [0, 0.1) is 0 Å². The van der Waals surface area contributed by atoms with Crippen molar-refractivity contribution in [1.29, 1.82) is 0 Å². The molecule has 5 nitrogen and oxygen atoms in total. The van der Waals surface area contributed by atoms with Crippen LogP contribution < -0.4 is 4.72 Å². The lowest BCUT2D eigenvalue weighted by Gasteiger charge is -2.13. The van der Waals surface area contributed by atoms with Crippen LogP contribution in [-0.2, 0) is 10.0 Å². The Bertz CT molecular complexity index is 697. The van der Waals surface area contributed by atoms with Gasteiger partial charge in [0.1, 0.15) is 0 Å². The van der Waals surface area contributed by atoms with Gasteiger partial charge in [-0.15, -0.1) is 0 Å². The number of nitrogens with one attached hydrogen (secondary N) is 1. The van der Waals surface area contributed by atoms with Gasteiger partial charge in [-0.05, 0) is 50.3 Å². The predicted molar refractivity (Wildman–Crippen MR) is 84.8 cm³/mol. The van der Waals surface area contributed by atoms with Crippen LogP contribution >= 0.6 is 11.6 Å². The third kappa shape index (κ3) is 4.32. The molecule has 120 valence electrons. The number of halogens is 1. The maximum atomic E-state index is 12.2. The predicted octanol–water partition coefficient (Wildman–Crippen LogP) is 3.21. The Kier molecular flexibility index (Phi) is 5.61. The number of carboxylic acids is 1. The van der Waals surface area contributed by atoms with E-state index in [9.17, 15) is 13.2 Å². The third-order valence-corrected chi connectivity index (χ3v) is 5.39. The third-order valence-electron chi connectivity index (χ3n) is 3.60. The number of rotatable bonds is 6. The molecule has 0 aromatic heterocycles. The fourth-order valence-corrected chi connectivity index (χ4v) is 3.65. The highest BCUT2D eigenvalue weighted by atomic mass is 35.5. The Morgan fingerprint density at radius 1 is 1.32 bits per heavy atom. The van der Waals surface area contributed by atoms with Crippen molar-refractivity contribution in [2.24, 2.45) is 0 Å². The van der Waals surface area contributed by atoms with Gasteiger partial charge >= 0.3 is 5.97 Å². The maximum Gasteiger partial charge on any atom is 0.337 e. The van der Waals surface area contributed by atoms with Gasteiger partial charge in [-0.3, -0.25) is 0 Å². The van der Waals surface area contributed by atoms with Crippen molar-refractivity contribution in [2.75, 3.05) is 6.54 Å². The van der Waals surface area contributed by atoms with E-state index in [-0.39, 0.29) is 15.5 Å². The molecule has 0 saturated carbocycles. The van der Waals surface area contributed by atoms with E-state index in [0.717, 1.165) is 25.3 Å². The summed E-state index contributed by atoms with van der Waals surface area (Å²) in [5.74, 6) is -1.26. The molecular weight excluding hydrogens is 326 g/mol. The molecule has 7 heteroatoms. The molecule has 1 aliphatic carbocycles. The van der Waals surface area contributed by atoms with Crippen molar-refractivity contribution >= 4 is 27.6 Å². The van der Waals surface area contributed by atoms with Crippen LogP contribution in [0.3, 0.4) is 0 Å². The van der Waals surface area contributed by atoms with E-state index in [1.54, 1.807) is 0 Å². The molecule has 0 fully saturated rings. The average Bonchev–Trinajstić information content (AvgIpc) is 2.48. The average molecular weight is 344 g/mol. The Morgan fingerprint density at radius 3 is 2.73 bits per heavy atom. The summed E-state index contributed by atoms with van der Waals surface area (Å²) in [6.07, 6.45) is 7.27. The summed E-state index contributed by atoms with van der Waals surface area (Å²) < 4.78 is 26.9. The molecule has 0 bridgehead atoms. The van der Waals surface area contributed by atoms with Crippen molar-refractivity contribution in [3.05, 3.63) is 40.4 Å². The lowest BCUT2D eigenvalue weighted by molar-refractivity contribution is 0.0697. The van der Waals surface area contributed by atoms with Crippen molar-refractivity contribution in [2.45, 2.75) is 37.0 Å². The van der Waals surface area contributed by atoms with Crippen LogP contribution in [0.25, 0.3) is 0 Å². The molecule has 0 saturated heterocycles. The van der Waals surface area contributed by atoms with Crippen molar-refractivity contribution in [3.63, 3.8) is 0 Å². The zero-order valence-corrected chi connectivity index (χ0v) is 13.6. The first kappa shape index (κ1) is 17.0. The number of aromatic carboxylic acids is 1. The molecular formula is C15H18ClNO4S. The first-order valence-corrected chi connectivity index (χ1v) is 8.97. The van der Waals surface area contributed by atoms with Gasteiger partial charge in [-0.1, -0.05) is 23.3 Å². The van der Waals surface area contributed by atoms with E-state index in [4.69, 9.17) is 16.7 Å². The van der Waals surface area contributed by atoms with Gasteiger partial charge in [0.2, 0.25) is 10.0 Å². The van der Waals surface area contributed by atoms with E-state index >= 15 is 0 Å². The summed E-state index contributed by atoms with van der Waals surface area (Å²) in [5.41, 5.74) is 1.05. The van der Waals surface area contributed by atoms with Crippen molar-refractivity contribution < 1.29 is 18.3 Å². The monoisotopic (exact) mass is 343 g/mol. The van der Waals surface area contributed by atoms with Crippen LogP contribution in [0.2, 0.25) is 5.02 Å². The number of carbonyl (C=O) groups is 1. The maximum absolute atomic E-state index is 12.2. The normalized spacial score (nSPS) is 15.4. The Morgan fingerprint density at radius 2 is 2.09 bits per heavy atom. The molecule has 0 amide bonds. The molecule has 0 aliphatic heterocycles. The van der Waals surface area contributed by atoms with Crippen LogP contribution in [0.15, 0.2) is 34.7 Å². The highest BCUT2D eigenvalue weighted by molar-refractivity contribution is 7.89. The number of benzene rings is 1. The molecule has 2 N–H and O–H groups in total. The molecule has 0 radical (unpaired) electrons. The fraction of sp³-hybridized carbons (Fsp3) is 0.400. The number of sulfonamides is 1. The first-order chi connectivity index (χ1) is 10.4. The largest absolute Gasteiger partial charge is 0.478 e. The number of hydrogen-bond donors (Lipinski definition) is 2. The summed E-state index contributed by atoms with van der Waals surface area (Å²) >= 11 is 5.74. The standard InChI is InChI=1S/C15H18ClNO4S/c16-14-7-6-12(10-13(14)15(18)19)22(20,21)17-9-8-11-4-2-1-3-5-11/h4,6-7,10,17H,1-3,5,8-9H2,(H,18,19). The van der Waals surface area contributed by atoms with Gasteiger partial charge in [-0.2, -0.15) is 0 Å². The van der Waals surface area contributed by atoms with Gasteiger partial charge in [-0.25, -0.2) is 17.9 Å². The summed E-state index contributed by atoms with van der Waals surface area (Å²) in [6, 6.07) is 3.66. The van der Waals surface area contributed by atoms with Crippen molar-refractivity contribution in [1.82, 2.24) is 4.72 Å². The van der Waals surface area contributed by atoms with Gasteiger partial charge in [0.15, 0.2) is 0 Å². The zero-order valence-electron chi connectivity index (χ0n) is 12.0. The molecule has 1 aliphatic rings. The minimum absolute atomic E-state index is 0.0128. The van der Waals surface area contributed by atoms with Gasteiger partial charge < -0.3 is 5.11 Å². The van der Waals surface area contributed by atoms with Gasteiger partial charge in [0.25, 0.3) is 0 Å². The van der Waals surface area contributed by atoms with Crippen LogP contribution in [0.1, 0.15) is 42.5 Å². The molecule has 2 rings (SSSR count). The van der Waals surface area contributed by atoms with Crippen LogP contribution in [0.5, 0.6) is 0 Å². The Balaban J connectivity index is 2.05. The summed E-state index contributed by atoms with van der Waals surface area (Å²) in [5, 5.41) is 9.01. The Hall–Kier alpha value is -1.37. The summed E-state index contributed by atoms with van der Waals surface area (Å²) in [6.45, 7) is 0.305. The SMILES string of the molecule is O=C(O)c1cc(S(=O)(=O)NCCC2=CCCCC2)ccc1Cl. The molecule has 0 atom stereocenters. The van der Waals surface area contributed by atoms with Gasteiger partial charge in [0.05, 0.1) is 15.5 Å². The quantitative estimate of drug-likeness (QED) is 0.777. The number of allylic oxidation sites excluding steroid dienone is 1. The highest BCUT2D eigenvalue weighted by Gasteiger charge is 2.18. The van der Waals surface area contributed by atoms with Crippen LogP contribution in [0.4, 0.5) is 0 Å². The lowest BCUT2D eigenvalue weighted by atomic mass is 9.97. The zero-order chi connectivity index (χ0) is 16.2. The van der Waals surface area contributed by atoms with Crippen molar-refractivity contribution in [3.8, 4) is 0 Å². The van der Waals surface area contributed by atoms with E-state index in [1.807, 2.05) is 0 Å². The topological polar surface area (TPSA) is 83.5 Å². The highest BCUT2D eigenvalue weighted by Crippen LogP contribution is 2.22. The molecule has 22 heavy (non-hydrogen) atoms. The van der Waals surface area contributed by atoms with E-state index in [1.165, 1.54) is 24.1 Å². The second kappa shape index (κ2) is 7.26. The summed E-state index contributed by atoms with van der Waals surface area (Å²) in [4.78, 5) is 10.9. The molecule has 1 aromatic rings. The second-order valence-corrected chi connectivity index (χ2v) is 7.38. The first-order valence-electron chi connectivity index (χ1n) is 7.10. The fourth-order valence-electron chi connectivity index (χ4n) is 2.40. The molecule has 0 unspecified atom stereocenters. The molecule has 0 heterocycles. The van der Waals surface area contributed by atoms with E-state index in [2.05, 4.69) is 10.8 Å². The summed E-state index contributed by atoms with van der Waals surface area (Å²) in [7, 11) is -3.73. The second-order valence-electron chi connectivity index (χ2n) is 5.20. The van der Waals surface area contributed by atoms with E-state index in [0.29, 0.717) is 13.0 Å². The number of carboxylic acid groups (broad SMARTS) is 1. The minimum Gasteiger partial charge on any atom is -0.478 e. The smallest absolute Gasteiger partial charge is 0.337 e.